The summed E-state index contributed by atoms with van der Waals surface area (Å²) in [5, 5.41) is 2.74. The average Bonchev–Trinajstić information content (AvgIpc) is 2.58. The number of amides is 1. The molecule has 0 aliphatic carbocycles. The number of anilines is 1. The number of benzene rings is 2. The monoisotopic (exact) mass is 326 g/mol. The Balaban J connectivity index is 1.78. The van der Waals surface area contributed by atoms with E-state index in [1.165, 1.54) is 0 Å². The summed E-state index contributed by atoms with van der Waals surface area (Å²) < 4.78 is 5.03. The second-order valence-electron chi connectivity index (χ2n) is 5.78. The Morgan fingerprint density at radius 2 is 1.79 bits per heavy atom. The van der Waals surface area contributed by atoms with Crippen molar-refractivity contribution >= 4 is 17.6 Å². The van der Waals surface area contributed by atoms with E-state index in [0.29, 0.717) is 12.1 Å². The molecule has 1 amide bonds. The van der Waals surface area contributed by atoms with Crippen molar-refractivity contribution in [3.63, 3.8) is 0 Å². The molecule has 2 aromatic rings. The van der Waals surface area contributed by atoms with Gasteiger partial charge in [0.2, 0.25) is 0 Å². The number of carbonyl (C=O) groups excluding carboxylic acids is 2. The Kier molecular flexibility index (Phi) is 5.95. The lowest BCUT2D eigenvalue weighted by atomic mass is 10.1. The highest BCUT2D eigenvalue weighted by molar-refractivity contribution is 5.91. The van der Waals surface area contributed by atoms with E-state index in [1.54, 1.807) is 18.2 Å². The summed E-state index contributed by atoms with van der Waals surface area (Å²) in [6, 6.07) is 14.9. The van der Waals surface area contributed by atoms with Crippen molar-refractivity contribution < 1.29 is 14.3 Å². The molecular weight excluding hydrogens is 304 g/mol. The standard InChI is InChI=1S/C19H22N2O3/c1-14-5-4-6-16(11-14)19(23)24-13-18(22)20-12-15-7-9-17(10-8-15)21(2)3/h4-11H,12-13H2,1-3H3,(H,20,22). The van der Waals surface area contributed by atoms with Gasteiger partial charge in [0, 0.05) is 26.3 Å². The van der Waals surface area contributed by atoms with Gasteiger partial charge < -0.3 is 15.0 Å². The Bertz CT molecular complexity index is 709. The zero-order valence-corrected chi connectivity index (χ0v) is 14.2. The smallest absolute Gasteiger partial charge is 0.338 e. The van der Waals surface area contributed by atoms with Crippen molar-refractivity contribution in [3.05, 3.63) is 65.2 Å². The van der Waals surface area contributed by atoms with E-state index < -0.39 is 5.97 Å². The quantitative estimate of drug-likeness (QED) is 0.829. The first kappa shape index (κ1) is 17.5. The number of ether oxygens (including phenoxy) is 1. The molecular formula is C19H22N2O3. The third-order valence-electron chi connectivity index (χ3n) is 3.53. The van der Waals surface area contributed by atoms with Gasteiger partial charge >= 0.3 is 5.97 Å². The highest BCUT2D eigenvalue weighted by Crippen LogP contribution is 2.12. The van der Waals surface area contributed by atoms with Crippen molar-refractivity contribution in [2.45, 2.75) is 13.5 Å². The summed E-state index contributed by atoms with van der Waals surface area (Å²) in [4.78, 5) is 25.7. The normalized spacial score (nSPS) is 10.1. The van der Waals surface area contributed by atoms with Crippen LogP contribution in [-0.4, -0.2) is 32.6 Å². The van der Waals surface area contributed by atoms with Crippen LogP contribution in [0.4, 0.5) is 5.69 Å². The fourth-order valence-corrected chi connectivity index (χ4v) is 2.15. The van der Waals surface area contributed by atoms with Crippen molar-refractivity contribution in [2.24, 2.45) is 0 Å². The minimum Gasteiger partial charge on any atom is -0.452 e. The first-order valence-corrected chi connectivity index (χ1v) is 7.72. The van der Waals surface area contributed by atoms with E-state index in [4.69, 9.17) is 4.74 Å². The molecule has 0 atom stereocenters. The topological polar surface area (TPSA) is 58.6 Å². The number of nitrogens with one attached hydrogen (secondary N) is 1. The minimum absolute atomic E-state index is 0.289. The zero-order valence-electron chi connectivity index (χ0n) is 14.2. The predicted octanol–water partition coefficient (Wildman–Crippen LogP) is 2.53. The lowest BCUT2D eigenvalue weighted by Crippen LogP contribution is -2.28. The van der Waals surface area contributed by atoms with E-state index >= 15 is 0 Å². The number of hydrogen-bond donors (Lipinski definition) is 1. The molecule has 5 nitrogen and oxygen atoms in total. The van der Waals surface area contributed by atoms with Crippen molar-refractivity contribution in [2.75, 3.05) is 25.6 Å². The summed E-state index contributed by atoms with van der Waals surface area (Å²) in [6.45, 7) is 2.00. The van der Waals surface area contributed by atoms with Gasteiger partial charge in [0.1, 0.15) is 0 Å². The average molecular weight is 326 g/mol. The molecule has 1 N–H and O–H groups in total. The van der Waals surface area contributed by atoms with Gasteiger partial charge in [-0.15, -0.1) is 0 Å². The van der Waals surface area contributed by atoms with Gasteiger partial charge in [-0.3, -0.25) is 4.79 Å². The second kappa shape index (κ2) is 8.15. The van der Waals surface area contributed by atoms with Crippen LogP contribution in [0.5, 0.6) is 0 Å². The molecule has 0 aliphatic rings. The van der Waals surface area contributed by atoms with Gasteiger partial charge in [0.05, 0.1) is 5.56 Å². The van der Waals surface area contributed by atoms with Crippen LogP contribution in [-0.2, 0) is 16.1 Å². The van der Waals surface area contributed by atoms with Crippen LogP contribution in [0.1, 0.15) is 21.5 Å². The molecule has 0 heterocycles. The molecule has 24 heavy (non-hydrogen) atoms. The summed E-state index contributed by atoms with van der Waals surface area (Å²) in [5.41, 5.74) is 3.49. The second-order valence-corrected chi connectivity index (χ2v) is 5.78. The van der Waals surface area contributed by atoms with Crippen LogP contribution in [0.15, 0.2) is 48.5 Å². The largest absolute Gasteiger partial charge is 0.452 e. The molecule has 0 aromatic heterocycles. The fraction of sp³-hybridized carbons (Fsp3) is 0.263. The number of nitrogens with zero attached hydrogens (tertiary/aromatic N) is 1. The van der Waals surface area contributed by atoms with Gasteiger partial charge in [-0.25, -0.2) is 4.79 Å². The number of carbonyl (C=O) groups is 2. The van der Waals surface area contributed by atoms with E-state index in [2.05, 4.69) is 5.32 Å². The van der Waals surface area contributed by atoms with Crippen LogP contribution in [0.25, 0.3) is 0 Å². The zero-order chi connectivity index (χ0) is 17.5. The number of rotatable bonds is 6. The van der Waals surface area contributed by atoms with Gasteiger partial charge in [0.25, 0.3) is 5.91 Å². The number of hydrogen-bond acceptors (Lipinski definition) is 4. The Hall–Kier alpha value is -2.82. The fourth-order valence-electron chi connectivity index (χ4n) is 2.15. The van der Waals surface area contributed by atoms with Crippen molar-refractivity contribution in [3.8, 4) is 0 Å². The third-order valence-corrected chi connectivity index (χ3v) is 3.53. The molecule has 0 radical (unpaired) electrons. The van der Waals surface area contributed by atoms with E-state index in [-0.39, 0.29) is 12.5 Å². The van der Waals surface area contributed by atoms with Crippen molar-refractivity contribution in [1.82, 2.24) is 5.32 Å². The molecule has 0 aliphatic heterocycles. The molecule has 0 unspecified atom stereocenters. The first-order chi connectivity index (χ1) is 11.5. The van der Waals surface area contributed by atoms with Crippen LogP contribution in [0.3, 0.4) is 0 Å². The Labute approximate surface area is 142 Å². The van der Waals surface area contributed by atoms with Crippen LogP contribution in [0, 0.1) is 6.92 Å². The maximum Gasteiger partial charge on any atom is 0.338 e. The minimum atomic E-state index is -0.496. The maximum atomic E-state index is 11.9. The third kappa shape index (κ3) is 5.12. The summed E-state index contributed by atoms with van der Waals surface area (Å²) in [6.07, 6.45) is 0. The first-order valence-electron chi connectivity index (χ1n) is 7.72. The number of esters is 1. The van der Waals surface area contributed by atoms with Crippen LogP contribution >= 0.6 is 0 Å². The maximum absolute atomic E-state index is 11.9. The SMILES string of the molecule is Cc1cccc(C(=O)OCC(=O)NCc2ccc(N(C)C)cc2)c1. The van der Waals surface area contributed by atoms with Crippen LogP contribution < -0.4 is 10.2 Å². The molecule has 0 saturated heterocycles. The van der Waals surface area contributed by atoms with E-state index in [0.717, 1.165) is 16.8 Å². The molecule has 0 saturated carbocycles. The van der Waals surface area contributed by atoms with Crippen LogP contribution in [0.2, 0.25) is 0 Å². The number of aryl methyl sites for hydroxylation is 1. The Morgan fingerprint density at radius 1 is 1.08 bits per heavy atom. The summed E-state index contributed by atoms with van der Waals surface area (Å²) >= 11 is 0. The van der Waals surface area contributed by atoms with E-state index in [9.17, 15) is 9.59 Å². The molecule has 126 valence electrons. The molecule has 2 aromatic carbocycles. The molecule has 0 fully saturated rings. The Morgan fingerprint density at radius 3 is 2.42 bits per heavy atom. The highest BCUT2D eigenvalue weighted by Gasteiger charge is 2.10. The summed E-state index contributed by atoms with van der Waals surface area (Å²) in [5.74, 6) is -0.822. The van der Waals surface area contributed by atoms with Gasteiger partial charge in [-0.05, 0) is 36.8 Å². The molecule has 0 bridgehead atoms. The van der Waals surface area contributed by atoms with Gasteiger partial charge in [-0.1, -0.05) is 29.8 Å². The molecule has 2 rings (SSSR count). The van der Waals surface area contributed by atoms with Gasteiger partial charge in [0.15, 0.2) is 6.61 Å². The predicted molar refractivity (Wildman–Crippen MR) is 94.1 cm³/mol. The summed E-state index contributed by atoms with van der Waals surface area (Å²) in [7, 11) is 3.94. The highest BCUT2D eigenvalue weighted by atomic mass is 16.5. The molecule has 0 spiro atoms. The molecule has 5 heteroatoms. The van der Waals surface area contributed by atoms with Crippen molar-refractivity contribution in [1.29, 1.82) is 0 Å². The van der Waals surface area contributed by atoms with Gasteiger partial charge in [-0.2, -0.15) is 0 Å². The van der Waals surface area contributed by atoms with E-state index in [1.807, 2.05) is 56.3 Å². The lowest BCUT2D eigenvalue weighted by molar-refractivity contribution is -0.124. The lowest BCUT2D eigenvalue weighted by Gasteiger charge is -2.13.